The first-order valence-electron chi connectivity index (χ1n) is 5.38. The van der Waals surface area contributed by atoms with Crippen LogP contribution in [0.2, 0.25) is 0 Å². The molecule has 0 radical (unpaired) electrons. The zero-order valence-corrected chi connectivity index (χ0v) is 9.33. The van der Waals surface area contributed by atoms with Gasteiger partial charge in [-0.2, -0.15) is 0 Å². The van der Waals surface area contributed by atoms with E-state index in [4.69, 9.17) is 9.84 Å². The van der Waals surface area contributed by atoms with E-state index in [0.29, 0.717) is 0 Å². The second-order valence-electron chi connectivity index (χ2n) is 4.27. The highest BCUT2D eigenvalue weighted by atomic mass is 16.6. The largest absolute Gasteiger partial charge is 0.463 e. The third-order valence-corrected chi connectivity index (χ3v) is 3.11. The molecule has 94 valence electrons. The number of cyclic esters (lactones) is 1. The van der Waals surface area contributed by atoms with Crippen LogP contribution in [0, 0.1) is 5.92 Å². The lowest BCUT2D eigenvalue weighted by Crippen LogP contribution is -2.49. The lowest BCUT2D eigenvalue weighted by molar-refractivity contribution is -0.160. The molecule has 0 unspecified atom stereocenters. The van der Waals surface area contributed by atoms with E-state index in [0.717, 1.165) is 6.08 Å². The Labute approximate surface area is 97.8 Å². The van der Waals surface area contributed by atoms with Gasteiger partial charge in [-0.3, -0.25) is 4.79 Å². The van der Waals surface area contributed by atoms with Crippen LogP contribution in [0.25, 0.3) is 0 Å². The third-order valence-electron chi connectivity index (χ3n) is 3.11. The van der Waals surface area contributed by atoms with Gasteiger partial charge < -0.3 is 19.7 Å². The molecule has 2 aliphatic rings. The lowest BCUT2D eigenvalue weighted by Gasteiger charge is -2.20. The fourth-order valence-corrected chi connectivity index (χ4v) is 1.77. The molecule has 2 fully saturated rings. The highest BCUT2D eigenvalue weighted by Crippen LogP contribution is 2.29. The quantitative estimate of drug-likeness (QED) is 0.278. The molecule has 6 nitrogen and oxygen atoms in total. The third kappa shape index (κ3) is 1.99. The molecule has 0 spiro atoms. The first kappa shape index (κ1) is 12.2. The summed E-state index contributed by atoms with van der Waals surface area (Å²) >= 11 is 0. The maximum absolute atomic E-state index is 11.8. The van der Waals surface area contributed by atoms with Crippen LogP contribution in [0.4, 0.5) is 0 Å². The Morgan fingerprint density at radius 3 is 2.82 bits per heavy atom. The van der Waals surface area contributed by atoms with Gasteiger partial charge in [0.2, 0.25) is 5.60 Å². The van der Waals surface area contributed by atoms with E-state index in [1.165, 1.54) is 6.08 Å². The van der Waals surface area contributed by atoms with E-state index in [9.17, 15) is 14.7 Å². The highest BCUT2D eigenvalue weighted by Gasteiger charge is 2.55. The molecule has 0 aromatic carbocycles. The van der Waals surface area contributed by atoms with Gasteiger partial charge in [0.15, 0.2) is 5.78 Å². The van der Waals surface area contributed by atoms with Crippen molar-refractivity contribution in [1.82, 2.24) is 0 Å². The Balaban J connectivity index is 2.10. The molecular formula is C11H14O6. The molecule has 0 amide bonds. The molecule has 2 rings (SSSR count). The van der Waals surface area contributed by atoms with Crippen molar-refractivity contribution in [2.24, 2.45) is 5.92 Å². The van der Waals surface area contributed by atoms with Gasteiger partial charge in [0.05, 0.1) is 18.6 Å². The minimum atomic E-state index is -2.26. The summed E-state index contributed by atoms with van der Waals surface area (Å²) in [5, 5.41) is 19.0. The molecule has 2 aliphatic heterocycles. The molecule has 0 aromatic heterocycles. The minimum absolute atomic E-state index is 0.0536. The van der Waals surface area contributed by atoms with Gasteiger partial charge in [-0.25, -0.2) is 4.79 Å². The summed E-state index contributed by atoms with van der Waals surface area (Å²) in [6, 6.07) is 0. The average molecular weight is 242 g/mol. The van der Waals surface area contributed by atoms with Crippen molar-refractivity contribution < 1.29 is 29.3 Å². The maximum atomic E-state index is 11.8. The second-order valence-corrected chi connectivity index (χ2v) is 4.27. The number of epoxide rings is 1. The number of rotatable bonds is 4. The van der Waals surface area contributed by atoms with Crippen molar-refractivity contribution >= 4 is 11.8 Å². The van der Waals surface area contributed by atoms with Crippen LogP contribution in [0.3, 0.4) is 0 Å². The second kappa shape index (κ2) is 4.21. The molecule has 2 heterocycles. The molecule has 6 heteroatoms. The summed E-state index contributed by atoms with van der Waals surface area (Å²) in [4.78, 5) is 23.1. The van der Waals surface area contributed by atoms with E-state index >= 15 is 0 Å². The van der Waals surface area contributed by atoms with Gasteiger partial charge >= 0.3 is 5.97 Å². The van der Waals surface area contributed by atoms with Gasteiger partial charge in [-0.1, -0.05) is 0 Å². The Bertz CT molecular complexity index is 376. The van der Waals surface area contributed by atoms with E-state index in [1.807, 2.05) is 6.92 Å². The number of carbonyl (C=O) groups is 2. The molecule has 0 bridgehead atoms. The van der Waals surface area contributed by atoms with E-state index in [-0.39, 0.29) is 18.8 Å². The molecular weight excluding hydrogens is 228 g/mol. The van der Waals surface area contributed by atoms with Crippen molar-refractivity contribution in [3.63, 3.8) is 0 Å². The fourth-order valence-electron chi connectivity index (χ4n) is 1.77. The number of hydrogen-bond acceptors (Lipinski definition) is 6. The maximum Gasteiger partial charge on any atom is 0.346 e. The van der Waals surface area contributed by atoms with E-state index in [1.54, 1.807) is 0 Å². The van der Waals surface area contributed by atoms with Crippen molar-refractivity contribution in [2.75, 3.05) is 13.2 Å². The van der Waals surface area contributed by atoms with Crippen molar-refractivity contribution in [1.29, 1.82) is 0 Å². The number of hydrogen-bond donors (Lipinski definition) is 2. The number of aliphatic hydroxyl groups is 2. The monoisotopic (exact) mass is 242 g/mol. The van der Waals surface area contributed by atoms with Crippen LogP contribution >= 0.6 is 0 Å². The Kier molecular flexibility index (Phi) is 3.03. The number of ether oxygens (including phenoxy) is 2. The summed E-state index contributed by atoms with van der Waals surface area (Å²) in [6.45, 7) is 1.20. The number of carbonyl (C=O) groups excluding carboxylic acids is 2. The number of esters is 1. The molecule has 2 saturated heterocycles. The minimum Gasteiger partial charge on any atom is -0.463 e. The average Bonchev–Trinajstić information content (AvgIpc) is 2.93. The van der Waals surface area contributed by atoms with E-state index < -0.39 is 29.9 Å². The van der Waals surface area contributed by atoms with Crippen LogP contribution in [-0.4, -0.2) is 53.0 Å². The first-order chi connectivity index (χ1) is 8.00. The summed E-state index contributed by atoms with van der Waals surface area (Å²) in [5.74, 6) is -2.69. The number of ketones is 1. The SMILES string of the molecule is C[C@H]1O[C@@H]1/C=C/C(=O)[C@]1(O)C(=O)OC[C@H]1CO. The molecule has 4 atom stereocenters. The van der Waals surface area contributed by atoms with Crippen molar-refractivity contribution in [3.05, 3.63) is 12.2 Å². The van der Waals surface area contributed by atoms with Crippen LogP contribution in [0.1, 0.15) is 6.92 Å². The zero-order chi connectivity index (χ0) is 12.6. The van der Waals surface area contributed by atoms with E-state index in [2.05, 4.69) is 4.74 Å². The summed E-state index contributed by atoms with van der Waals surface area (Å²) in [5.41, 5.74) is -2.26. The van der Waals surface area contributed by atoms with Crippen molar-refractivity contribution in [2.45, 2.75) is 24.7 Å². The van der Waals surface area contributed by atoms with Crippen LogP contribution in [-0.2, 0) is 19.1 Å². The fraction of sp³-hybridized carbons (Fsp3) is 0.636. The highest BCUT2D eigenvalue weighted by molar-refractivity contribution is 6.13. The smallest absolute Gasteiger partial charge is 0.346 e. The lowest BCUT2D eigenvalue weighted by atomic mass is 9.86. The predicted octanol–water partition coefficient (Wildman–Crippen LogP) is -1.20. The normalized spacial score (nSPS) is 40.6. The van der Waals surface area contributed by atoms with Crippen LogP contribution in [0.15, 0.2) is 12.2 Å². The molecule has 2 N–H and O–H groups in total. The summed E-state index contributed by atoms with van der Waals surface area (Å²) in [6.07, 6.45) is 2.51. The Morgan fingerprint density at radius 2 is 2.29 bits per heavy atom. The van der Waals surface area contributed by atoms with Gasteiger partial charge in [0.25, 0.3) is 0 Å². The zero-order valence-electron chi connectivity index (χ0n) is 9.33. The van der Waals surface area contributed by atoms with Crippen LogP contribution < -0.4 is 0 Å². The van der Waals surface area contributed by atoms with Crippen LogP contribution in [0.5, 0.6) is 0 Å². The predicted molar refractivity (Wildman–Crippen MR) is 55.0 cm³/mol. The van der Waals surface area contributed by atoms with Gasteiger partial charge in [0, 0.05) is 0 Å². The summed E-state index contributed by atoms with van der Waals surface area (Å²) < 4.78 is 9.66. The van der Waals surface area contributed by atoms with Gasteiger partial charge in [-0.05, 0) is 19.1 Å². The molecule has 17 heavy (non-hydrogen) atoms. The Morgan fingerprint density at radius 1 is 1.65 bits per heavy atom. The number of aliphatic hydroxyl groups excluding tert-OH is 1. The Hall–Kier alpha value is -1.24. The molecule has 0 aliphatic carbocycles. The molecule has 0 saturated carbocycles. The standard InChI is InChI=1S/C11H14O6/c1-6-8(17-6)2-3-9(13)11(15)7(4-12)5-16-10(11)14/h2-3,6-8,12,15H,4-5H2,1H3/b3-2+/t6-,7-,8-,11+/m1/s1. The molecule has 0 aromatic rings. The topological polar surface area (TPSA) is 96.4 Å². The first-order valence-corrected chi connectivity index (χ1v) is 5.38. The van der Waals surface area contributed by atoms with Crippen molar-refractivity contribution in [3.8, 4) is 0 Å². The van der Waals surface area contributed by atoms with Gasteiger partial charge in [0.1, 0.15) is 12.7 Å². The summed E-state index contributed by atoms with van der Waals surface area (Å²) in [7, 11) is 0. The van der Waals surface area contributed by atoms with Gasteiger partial charge in [-0.15, -0.1) is 0 Å².